The Bertz CT molecular complexity index is 1060. The van der Waals surface area contributed by atoms with Crippen LogP contribution in [-0.2, 0) is 0 Å². The molecule has 3 aromatic rings. The molecule has 0 spiro atoms. The first-order chi connectivity index (χ1) is 15.1. The van der Waals surface area contributed by atoms with E-state index in [1.807, 2.05) is 24.3 Å². The molecule has 166 valence electrons. The lowest BCUT2D eigenvalue weighted by atomic mass is 10.2. The van der Waals surface area contributed by atoms with E-state index in [0.29, 0.717) is 0 Å². The molecule has 0 radical (unpaired) electrons. The van der Waals surface area contributed by atoms with Crippen LogP contribution in [0.25, 0.3) is 0 Å². The molecule has 1 fully saturated rings. The minimum absolute atomic E-state index is 0.0946. The van der Waals surface area contributed by atoms with Crippen LogP contribution in [0.4, 0.5) is 16.2 Å². The van der Waals surface area contributed by atoms with E-state index in [-0.39, 0.29) is 11.7 Å². The fourth-order valence-electron chi connectivity index (χ4n) is 6.06. The maximum atomic E-state index is 14.5. The van der Waals surface area contributed by atoms with Crippen molar-refractivity contribution in [3.63, 3.8) is 0 Å². The second-order valence-electron chi connectivity index (χ2n) is 10.7. The molecule has 0 N–H and O–H groups in total. The van der Waals surface area contributed by atoms with Crippen molar-refractivity contribution in [1.82, 2.24) is 0 Å². The molecule has 1 heterocycles. The van der Waals surface area contributed by atoms with Crippen molar-refractivity contribution in [1.29, 1.82) is 0 Å². The molecule has 3 aromatic carbocycles. The number of carbonyl (C=O) groups excluding carboxylic acids is 1. The van der Waals surface area contributed by atoms with Gasteiger partial charge in [0.1, 0.15) is 0 Å². The maximum absolute atomic E-state index is 14.5. The van der Waals surface area contributed by atoms with E-state index in [9.17, 15) is 4.79 Å². The summed E-state index contributed by atoms with van der Waals surface area (Å²) < 4.78 is 2.34. The third-order valence-corrected chi connectivity index (χ3v) is 44.2. The van der Waals surface area contributed by atoms with Crippen molar-refractivity contribution < 1.29 is 4.79 Å². The molecule has 1 saturated heterocycles. The second-order valence-corrected chi connectivity index (χ2v) is 37.3. The molecule has 0 bridgehead atoms. The van der Waals surface area contributed by atoms with E-state index in [4.69, 9.17) is 0 Å². The fraction of sp³-hybridized carbons (Fsp3) is 0.269. The summed E-state index contributed by atoms with van der Waals surface area (Å²) in [6, 6.07) is 31.7. The van der Waals surface area contributed by atoms with Crippen molar-refractivity contribution >= 4 is 39.9 Å². The summed E-state index contributed by atoms with van der Waals surface area (Å²) in [5.74, 6) is 0. The van der Waals surface area contributed by atoms with Gasteiger partial charge in [-0.05, 0) is 29.8 Å². The van der Waals surface area contributed by atoms with Crippen LogP contribution in [0.1, 0.15) is 11.2 Å². The van der Waals surface area contributed by atoms with Gasteiger partial charge in [-0.2, -0.15) is 0 Å². The summed E-state index contributed by atoms with van der Waals surface area (Å²) in [5, 5.41) is 0. The zero-order valence-corrected chi connectivity index (χ0v) is 23.0. The van der Waals surface area contributed by atoms with Gasteiger partial charge in [-0.15, -0.1) is 0 Å². The average Bonchev–Trinajstić information content (AvgIpc) is 3.06. The molecule has 0 saturated carbocycles. The first kappa shape index (κ1) is 22.8. The molecule has 1 unspecified atom stereocenters. The normalized spacial score (nSPS) is 18.8. The van der Waals surface area contributed by atoms with Crippen LogP contribution >= 0.6 is 0 Å². The van der Waals surface area contributed by atoms with Gasteiger partial charge in [0.05, 0.1) is 20.8 Å². The Morgan fingerprint density at radius 3 is 1.47 bits per heavy atom. The maximum Gasteiger partial charge on any atom is 0.320 e. The highest BCUT2D eigenvalue weighted by Gasteiger charge is 2.71. The monoisotopic (exact) mass is 474 g/mol. The standard InChI is InChI=1S/C26H34N2OSi3/c1-30(2,3)32(31(4,5)6)25(22-16-10-7-11-17-22)27(23-18-12-8-13-19-23)26(29)28(32)24-20-14-9-15-21-24/h7-21,25H,1-6H3. The number of urea groups is 1. The highest BCUT2D eigenvalue weighted by Crippen LogP contribution is 2.52. The van der Waals surface area contributed by atoms with Gasteiger partial charge in [0.2, 0.25) is 0 Å². The number of hydrogen-bond donors (Lipinski definition) is 0. The van der Waals surface area contributed by atoms with Gasteiger partial charge in [0.25, 0.3) is 0 Å². The molecular formula is C26H34N2OSi3. The van der Waals surface area contributed by atoms with E-state index in [0.717, 1.165) is 11.4 Å². The molecule has 32 heavy (non-hydrogen) atoms. The molecule has 4 rings (SSSR count). The summed E-state index contributed by atoms with van der Waals surface area (Å²) in [6.45, 7) is 15.0. The molecule has 0 aromatic heterocycles. The van der Waals surface area contributed by atoms with Gasteiger partial charge < -0.3 is 4.57 Å². The lowest BCUT2D eigenvalue weighted by Crippen LogP contribution is -2.81. The number of anilines is 2. The summed E-state index contributed by atoms with van der Waals surface area (Å²) >= 11 is 0. The smallest absolute Gasteiger partial charge is 0.320 e. The Morgan fingerprint density at radius 1 is 0.625 bits per heavy atom. The highest BCUT2D eigenvalue weighted by molar-refractivity contribution is 7.71. The van der Waals surface area contributed by atoms with Crippen LogP contribution in [-0.4, -0.2) is 28.5 Å². The Kier molecular flexibility index (Phi) is 5.81. The van der Waals surface area contributed by atoms with Crippen LogP contribution < -0.4 is 9.47 Å². The summed E-state index contributed by atoms with van der Waals surface area (Å²) in [6.07, 6.45) is 0. The van der Waals surface area contributed by atoms with Crippen LogP contribution in [0, 0.1) is 0 Å². The van der Waals surface area contributed by atoms with Gasteiger partial charge in [0.15, 0.2) is 7.27 Å². The third kappa shape index (κ3) is 3.41. The molecule has 6 heteroatoms. The summed E-state index contributed by atoms with van der Waals surface area (Å²) in [5.41, 5.74) is 3.43. The molecule has 1 aliphatic rings. The minimum Gasteiger partial charge on any atom is -0.324 e. The topological polar surface area (TPSA) is 23.6 Å². The van der Waals surface area contributed by atoms with Crippen LogP contribution in [0.3, 0.4) is 0 Å². The fourth-order valence-corrected chi connectivity index (χ4v) is 52.9. The van der Waals surface area contributed by atoms with E-state index < -0.39 is 22.5 Å². The first-order valence-electron chi connectivity index (χ1n) is 11.4. The van der Waals surface area contributed by atoms with Gasteiger partial charge in [-0.3, -0.25) is 4.90 Å². The van der Waals surface area contributed by atoms with E-state index in [1.54, 1.807) is 0 Å². The largest absolute Gasteiger partial charge is 0.324 e. The third-order valence-electron chi connectivity index (χ3n) is 6.85. The lowest BCUT2D eigenvalue weighted by Gasteiger charge is -2.54. The van der Waals surface area contributed by atoms with Gasteiger partial charge in [-0.25, -0.2) is 4.79 Å². The predicted octanol–water partition coefficient (Wildman–Crippen LogP) is 7.19. The number of rotatable bonds is 5. The minimum atomic E-state index is -2.40. The molecule has 0 aliphatic carbocycles. The average molecular weight is 475 g/mol. The Hall–Kier alpha value is -2.42. The van der Waals surface area contributed by atoms with Crippen LogP contribution in [0.15, 0.2) is 91.0 Å². The number of carbonyl (C=O) groups is 1. The van der Waals surface area contributed by atoms with E-state index in [1.165, 1.54) is 5.56 Å². The van der Waals surface area contributed by atoms with Gasteiger partial charge in [-0.1, -0.05) is 106 Å². The SMILES string of the molecule is C[Si](C)(C)[Si]1([Si](C)(C)C)C(c2ccccc2)N(c2ccccc2)C(=O)N1c1ccccc1. The molecule has 1 atom stereocenters. The van der Waals surface area contributed by atoms with Crippen molar-refractivity contribution in [3.8, 4) is 0 Å². The van der Waals surface area contributed by atoms with Crippen molar-refractivity contribution in [2.45, 2.75) is 44.9 Å². The quantitative estimate of drug-likeness (QED) is 0.359. The second kappa shape index (κ2) is 8.17. The lowest BCUT2D eigenvalue weighted by molar-refractivity contribution is 0.255. The van der Waals surface area contributed by atoms with E-state index in [2.05, 4.69) is 115 Å². The number of benzene rings is 3. The van der Waals surface area contributed by atoms with Crippen LogP contribution in [0.5, 0.6) is 0 Å². The van der Waals surface area contributed by atoms with E-state index >= 15 is 0 Å². The first-order valence-corrected chi connectivity index (χ1v) is 22.4. The zero-order chi connectivity index (χ0) is 23.1. The zero-order valence-electron chi connectivity index (χ0n) is 20.0. The highest BCUT2D eigenvalue weighted by atomic mass is 29.6. The predicted molar refractivity (Wildman–Crippen MR) is 145 cm³/mol. The molecule has 1 aliphatic heterocycles. The Balaban J connectivity index is 2.12. The Morgan fingerprint density at radius 2 is 1.03 bits per heavy atom. The number of para-hydroxylation sites is 2. The van der Waals surface area contributed by atoms with Crippen molar-refractivity contribution in [3.05, 3.63) is 96.6 Å². The Labute approximate surface area is 195 Å². The molecule has 2 amide bonds. The van der Waals surface area contributed by atoms with Gasteiger partial charge in [0, 0.05) is 11.4 Å². The number of nitrogens with zero attached hydrogens (tertiary/aromatic N) is 2. The molecule has 3 nitrogen and oxygen atoms in total. The summed E-state index contributed by atoms with van der Waals surface area (Å²) in [4.78, 5) is 16.7. The number of hydrogen-bond acceptors (Lipinski definition) is 1. The number of amides is 2. The molecular weight excluding hydrogens is 441 g/mol. The summed E-state index contributed by atoms with van der Waals surface area (Å²) in [7, 11) is -6.11. The van der Waals surface area contributed by atoms with Gasteiger partial charge >= 0.3 is 6.03 Å². The van der Waals surface area contributed by atoms with Crippen molar-refractivity contribution in [2.24, 2.45) is 0 Å². The van der Waals surface area contributed by atoms with Crippen molar-refractivity contribution in [2.75, 3.05) is 9.47 Å². The van der Waals surface area contributed by atoms with Crippen LogP contribution in [0.2, 0.25) is 39.3 Å².